The fourth-order valence-corrected chi connectivity index (χ4v) is 1.12. The van der Waals surface area contributed by atoms with Crippen LogP contribution in [0.5, 0.6) is 0 Å². The molecule has 0 N–H and O–H groups in total. The lowest BCUT2D eigenvalue weighted by atomic mass is 10.2. The van der Waals surface area contributed by atoms with Crippen LogP contribution >= 0.6 is 0 Å². The molecule has 0 amide bonds. The second kappa shape index (κ2) is 4.04. The standard InChI is InChI=1S/C9H14N2O/c1-8-7-9(10-11(8)2)5-3-4-6-12/h6-7H,3-5H2,1-2H3. The highest BCUT2D eigenvalue weighted by Crippen LogP contribution is 2.04. The lowest BCUT2D eigenvalue weighted by Gasteiger charge is -1.91. The molecule has 0 aliphatic carbocycles. The van der Waals surface area contributed by atoms with Crippen molar-refractivity contribution in [2.24, 2.45) is 7.05 Å². The second-order valence-corrected chi connectivity index (χ2v) is 2.96. The van der Waals surface area contributed by atoms with Gasteiger partial charge in [-0.15, -0.1) is 0 Å². The summed E-state index contributed by atoms with van der Waals surface area (Å²) in [7, 11) is 1.93. The van der Waals surface area contributed by atoms with Gasteiger partial charge in [-0.1, -0.05) is 0 Å². The van der Waals surface area contributed by atoms with Crippen LogP contribution < -0.4 is 0 Å². The van der Waals surface area contributed by atoms with E-state index < -0.39 is 0 Å². The molecule has 0 radical (unpaired) electrons. The van der Waals surface area contributed by atoms with Crippen molar-refractivity contribution in [2.75, 3.05) is 0 Å². The van der Waals surface area contributed by atoms with E-state index in [4.69, 9.17) is 0 Å². The van der Waals surface area contributed by atoms with Crippen molar-refractivity contribution >= 4 is 6.29 Å². The molecule has 0 aliphatic heterocycles. The smallest absolute Gasteiger partial charge is 0.120 e. The Bertz CT molecular complexity index is 246. The molecule has 0 atom stereocenters. The van der Waals surface area contributed by atoms with Crippen LogP contribution in [0.2, 0.25) is 0 Å². The predicted molar refractivity (Wildman–Crippen MR) is 46.9 cm³/mol. The molecule has 0 aliphatic rings. The SMILES string of the molecule is Cc1cc(CCCC=O)nn1C. The fourth-order valence-electron chi connectivity index (χ4n) is 1.12. The minimum Gasteiger partial charge on any atom is -0.303 e. The summed E-state index contributed by atoms with van der Waals surface area (Å²) in [5.41, 5.74) is 2.24. The lowest BCUT2D eigenvalue weighted by Crippen LogP contribution is -1.94. The fraction of sp³-hybridized carbons (Fsp3) is 0.556. The molecule has 0 saturated heterocycles. The van der Waals surface area contributed by atoms with E-state index in [0.29, 0.717) is 6.42 Å². The van der Waals surface area contributed by atoms with E-state index >= 15 is 0 Å². The van der Waals surface area contributed by atoms with E-state index in [2.05, 4.69) is 11.2 Å². The zero-order chi connectivity index (χ0) is 8.97. The van der Waals surface area contributed by atoms with Crippen molar-refractivity contribution in [3.63, 3.8) is 0 Å². The van der Waals surface area contributed by atoms with Crippen LogP contribution in [0, 0.1) is 6.92 Å². The van der Waals surface area contributed by atoms with Gasteiger partial charge in [-0.2, -0.15) is 5.10 Å². The number of carbonyl (C=O) groups is 1. The van der Waals surface area contributed by atoms with Gasteiger partial charge in [-0.05, 0) is 25.8 Å². The van der Waals surface area contributed by atoms with Crippen LogP contribution in [0.3, 0.4) is 0 Å². The highest BCUT2D eigenvalue weighted by Gasteiger charge is 1.99. The third kappa shape index (κ3) is 2.19. The molecule has 1 aromatic heterocycles. The van der Waals surface area contributed by atoms with E-state index in [0.717, 1.165) is 30.5 Å². The number of aldehydes is 1. The Labute approximate surface area is 72.4 Å². The van der Waals surface area contributed by atoms with Crippen LogP contribution in [0.1, 0.15) is 24.2 Å². The first-order valence-electron chi connectivity index (χ1n) is 4.17. The maximum absolute atomic E-state index is 10.0. The molecule has 0 saturated carbocycles. The molecule has 1 rings (SSSR count). The van der Waals surface area contributed by atoms with Crippen molar-refractivity contribution < 1.29 is 4.79 Å². The van der Waals surface area contributed by atoms with Crippen LogP contribution in [-0.4, -0.2) is 16.1 Å². The number of aryl methyl sites for hydroxylation is 3. The van der Waals surface area contributed by atoms with Gasteiger partial charge in [0.2, 0.25) is 0 Å². The first-order chi connectivity index (χ1) is 5.74. The number of carbonyl (C=O) groups excluding carboxylic acids is 1. The molecule has 0 fully saturated rings. The Morgan fingerprint density at radius 2 is 2.42 bits per heavy atom. The molecule has 3 nitrogen and oxygen atoms in total. The summed E-state index contributed by atoms with van der Waals surface area (Å²) in [6.07, 6.45) is 3.39. The number of aromatic nitrogens is 2. The molecule has 1 heterocycles. The minimum absolute atomic E-state index is 0.635. The average molecular weight is 166 g/mol. The van der Waals surface area contributed by atoms with E-state index in [1.54, 1.807) is 0 Å². The Balaban J connectivity index is 2.47. The molecule has 0 aromatic carbocycles. The van der Waals surface area contributed by atoms with E-state index in [1.807, 2.05) is 18.7 Å². The normalized spacial score (nSPS) is 10.2. The predicted octanol–water partition coefficient (Wildman–Crippen LogP) is 1.25. The third-order valence-corrected chi connectivity index (χ3v) is 1.92. The third-order valence-electron chi connectivity index (χ3n) is 1.92. The number of hydrogen-bond donors (Lipinski definition) is 0. The molecule has 66 valence electrons. The van der Waals surface area contributed by atoms with Gasteiger partial charge in [-0.25, -0.2) is 0 Å². The van der Waals surface area contributed by atoms with Gasteiger partial charge < -0.3 is 4.79 Å². The van der Waals surface area contributed by atoms with Gasteiger partial charge in [0.1, 0.15) is 6.29 Å². The summed E-state index contributed by atoms with van der Waals surface area (Å²) in [4.78, 5) is 10.0. The van der Waals surface area contributed by atoms with Gasteiger partial charge in [-0.3, -0.25) is 4.68 Å². The summed E-state index contributed by atoms with van der Waals surface area (Å²) in [5.74, 6) is 0. The molecule has 1 aromatic rings. The number of unbranched alkanes of at least 4 members (excludes halogenated alkanes) is 1. The molecule has 0 spiro atoms. The largest absolute Gasteiger partial charge is 0.303 e. The summed E-state index contributed by atoms with van der Waals surface area (Å²) >= 11 is 0. The zero-order valence-corrected chi connectivity index (χ0v) is 7.58. The molecular formula is C9H14N2O. The van der Waals surface area contributed by atoms with E-state index in [9.17, 15) is 4.79 Å². The summed E-state index contributed by atoms with van der Waals surface area (Å²) < 4.78 is 1.86. The van der Waals surface area contributed by atoms with Crippen molar-refractivity contribution in [1.82, 2.24) is 9.78 Å². The quantitative estimate of drug-likeness (QED) is 0.498. The molecule has 3 heteroatoms. The highest BCUT2D eigenvalue weighted by atomic mass is 16.1. The zero-order valence-electron chi connectivity index (χ0n) is 7.58. The van der Waals surface area contributed by atoms with Crippen LogP contribution in [0.25, 0.3) is 0 Å². The van der Waals surface area contributed by atoms with Crippen molar-refractivity contribution in [3.05, 3.63) is 17.5 Å². The summed E-state index contributed by atoms with van der Waals surface area (Å²) in [6.45, 7) is 2.02. The second-order valence-electron chi connectivity index (χ2n) is 2.96. The number of nitrogens with zero attached hydrogens (tertiary/aromatic N) is 2. The maximum Gasteiger partial charge on any atom is 0.120 e. The summed E-state index contributed by atoms with van der Waals surface area (Å²) in [6, 6.07) is 2.06. The highest BCUT2D eigenvalue weighted by molar-refractivity contribution is 5.49. The Morgan fingerprint density at radius 1 is 1.67 bits per heavy atom. The van der Waals surface area contributed by atoms with Crippen LogP contribution in [0.4, 0.5) is 0 Å². The Kier molecular flexibility index (Phi) is 3.02. The van der Waals surface area contributed by atoms with Gasteiger partial charge in [0.15, 0.2) is 0 Å². The van der Waals surface area contributed by atoms with Crippen molar-refractivity contribution in [1.29, 1.82) is 0 Å². The van der Waals surface area contributed by atoms with Crippen molar-refractivity contribution in [3.8, 4) is 0 Å². The minimum atomic E-state index is 0.635. The number of rotatable bonds is 4. The van der Waals surface area contributed by atoms with E-state index in [1.165, 1.54) is 0 Å². The first kappa shape index (κ1) is 8.97. The monoisotopic (exact) mass is 166 g/mol. The van der Waals surface area contributed by atoms with Gasteiger partial charge >= 0.3 is 0 Å². The van der Waals surface area contributed by atoms with Crippen molar-refractivity contribution in [2.45, 2.75) is 26.2 Å². The molecule has 0 unspecified atom stereocenters. The van der Waals surface area contributed by atoms with Gasteiger partial charge in [0.05, 0.1) is 5.69 Å². The number of hydrogen-bond acceptors (Lipinski definition) is 2. The Hall–Kier alpha value is -1.12. The van der Waals surface area contributed by atoms with E-state index in [-0.39, 0.29) is 0 Å². The van der Waals surface area contributed by atoms with Gasteiger partial charge in [0, 0.05) is 19.2 Å². The summed E-state index contributed by atoms with van der Waals surface area (Å²) in [5, 5.41) is 4.28. The average Bonchev–Trinajstić information content (AvgIpc) is 2.32. The molecular weight excluding hydrogens is 152 g/mol. The topological polar surface area (TPSA) is 34.9 Å². The van der Waals surface area contributed by atoms with Crippen LogP contribution in [-0.2, 0) is 18.3 Å². The molecule has 0 bridgehead atoms. The van der Waals surface area contributed by atoms with Gasteiger partial charge in [0.25, 0.3) is 0 Å². The first-order valence-corrected chi connectivity index (χ1v) is 4.17. The molecule has 12 heavy (non-hydrogen) atoms. The lowest BCUT2D eigenvalue weighted by molar-refractivity contribution is -0.107. The Morgan fingerprint density at radius 3 is 2.92 bits per heavy atom. The van der Waals surface area contributed by atoms with Crippen LogP contribution in [0.15, 0.2) is 6.07 Å². The maximum atomic E-state index is 10.0.